The lowest BCUT2D eigenvalue weighted by molar-refractivity contribution is -0.274. The molecule has 2 aromatic heterocycles. The number of carbonyl (C=O) groups is 2. The van der Waals surface area contributed by atoms with E-state index < -0.39 is 48.5 Å². The fourth-order valence-corrected chi connectivity index (χ4v) is 3.99. The number of halogens is 5. The Morgan fingerprint density at radius 2 is 1.79 bits per heavy atom. The van der Waals surface area contributed by atoms with Crippen LogP contribution in [-0.4, -0.2) is 52.9 Å². The van der Waals surface area contributed by atoms with Gasteiger partial charge in [0.15, 0.2) is 11.3 Å². The van der Waals surface area contributed by atoms with Crippen molar-refractivity contribution in [3.05, 3.63) is 47.9 Å². The number of amides is 2. The largest absolute Gasteiger partial charge is 0.573 e. The zero-order valence-corrected chi connectivity index (χ0v) is 21.3. The Morgan fingerprint density at radius 3 is 2.38 bits per heavy atom. The van der Waals surface area contributed by atoms with E-state index >= 15 is 0 Å². The highest BCUT2D eigenvalue weighted by molar-refractivity contribution is 5.94. The van der Waals surface area contributed by atoms with Crippen LogP contribution in [0.15, 0.2) is 40.9 Å². The molecule has 4 rings (SSSR count). The van der Waals surface area contributed by atoms with E-state index in [0.717, 1.165) is 6.07 Å². The van der Waals surface area contributed by atoms with Gasteiger partial charge < -0.3 is 24.1 Å². The lowest BCUT2D eigenvalue weighted by atomic mass is 10.0. The normalized spacial score (nSPS) is 15.7. The van der Waals surface area contributed by atoms with Gasteiger partial charge in [0.2, 0.25) is 0 Å². The van der Waals surface area contributed by atoms with Crippen LogP contribution in [0.2, 0.25) is 0 Å². The molecule has 0 unspecified atom stereocenters. The molecule has 13 heteroatoms. The molecule has 210 valence electrons. The van der Waals surface area contributed by atoms with Gasteiger partial charge in [-0.1, -0.05) is 0 Å². The number of alkyl halides is 5. The number of nitrogens with one attached hydrogen (secondary N) is 1. The standard InChI is InChI=1S/C26H26F5N3O5/c1-24(2,3)39-23(36)33-14-18-11-17-10-16(12-20(21(17)37-18)38-26(29,30)31)19-5-4-15(13-32-19)22(35)34-8-6-25(27,28)7-9-34/h4-5,10-13H,6-9,14H2,1-3H3,(H,33,36). The number of rotatable bonds is 5. The Bertz CT molecular complexity index is 1350. The molecule has 0 aliphatic carbocycles. The van der Waals surface area contributed by atoms with Crippen LogP contribution < -0.4 is 10.1 Å². The Kier molecular flexibility index (Phi) is 7.46. The summed E-state index contributed by atoms with van der Waals surface area (Å²) >= 11 is 0. The molecule has 39 heavy (non-hydrogen) atoms. The molecule has 1 aliphatic rings. The maximum atomic E-state index is 13.4. The van der Waals surface area contributed by atoms with Crippen LogP contribution in [0.1, 0.15) is 49.7 Å². The number of carbonyl (C=O) groups excluding carboxylic acids is 2. The van der Waals surface area contributed by atoms with Gasteiger partial charge in [-0.15, -0.1) is 13.2 Å². The van der Waals surface area contributed by atoms with Gasteiger partial charge in [-0.3, -0.25) is 9.78 Å². The number of piperidine rings is 1. The predicted molar refractivity (Wildman–Crippen MR) is 129 cm³/mol. The quantitative estimate of drug-likeness (QED) is 0.372. The third kappa shape index (κ3) is 7.36. The smallest absolute Gasteiger partial charge is 0.455 e. The van der Waals surface area contributed by atoms with Gasteiger partial charge >= 0.3 is 12.5 Å². The minimum atomic E-state index is -5.01. The molecule has 0 atom stereocenters. The maximum Gasteiger partial charge on any atom is 0.573 e. The number of benzene rings is 1. The van der Waals surface area contributed by atoms with E-state index in [1.807, 2.05) is 0 Å². The summed E-state index contributed by atoms with van der Waals surface area (Å²) in [5, 5.41) is 2.72. The molecule has 0 spiro atoms. The predicted octanol–water partition coefficient (Wildman–Crippen LogP) is 6.29. The van der Waals surface area contributed by atoms with E-state index in [4.69, 9.17) is 9.15 Å². The third-order valence-electron chi connectivity index (χ3n) is 5.75. The highest BCUT2D eigenvalue weighted by atomic mass is 19.4. The van der Waals surface area contributed by atoms with Crippen LogP contribution in [0.5, 0.6) is 5.75 Å². The van der Waals surface area contributed by atoms with Crippen LogP contribution in [0, 0.1) is 0 Å². The SMILES string of the molecule is CC(C)(C)OC(=O)NCc1cc2cc(-c3ccc(C(=O)N4CCC(F)(F)CC4)cn3)cc(OC(F)(F)F)c2o1. The second-order valence-corrected chi connectivity index (χ2v) is 10.1. The van der Waals surface area contributed by atoms with E-state index in [1.54, 1.807) is 20.8 Å². The van der Waals surface area contributed by atoms with Crippen molar-refractivity contribution < 1.29 is 45.4 Å². The fraction of sp³-hybridized carbons (Fsp3) is 0.423. The molecule has 8 nitrogen and oxygen atoms in total. The number of hydrogen-bond donors (Lipinski definition) is 1. The summed E-state index contributed by atoms with van der Waals surface area (Å²) in [7, 11) is 0. The monoisotopic (exact) mass is 555 g/mol. The van der Waals surface area contributed by atoms with Gasteiger partial charge in [0.05, 0.1) is 17.8 Å². The minimum Gasteiger partial charge on any atom is -0.455 e. The summed E-state index contributed by atoms with van der Waals surface area (Å²) < 4.78 is 81.1. The fourth-order valence-electron chi connectivity index (χ4n) is 3.99. The average Bonchev–Trinajstić information content (AvgIpc) is 3.24. The van der Waals surface area contributed by atoms with Crippen molar-refractivity contribution >= 4 is 23.0 Å². The summed E-state index contributed by atoms with van der Waals surface area (Å²) in [6.45, 7) is 4.72. The first-order valence-electron chi connectivity index (χ1n) is 12.0. The number of ether oxygens (including phenoxy) is 2. The Balaban J connectivity index is 1.57. The molecule has 3 heterocycles. The second kappa shape index (κ2) is 10.3. The van der Waals surface area contributed by atoms with Gasteiger partial charge in [0, 0.05) is 43.1 Å². The van der Waals surface area contributed by atoms with Crippen molar-refractivity contribution in [3.8, 4) is 17.0 Å². The van der Waals surface area contributed by atoms with Crippen LogP contribution in [0.3, 0.4) is 0 Å². The number of pyridine rings is 1. The van der Waals surface area contributed by atoms with E-state index in [2.05, 4.69) is 15.0 Å². The average molecular weight is 556 g/mol. The number of fused-ring (bicyclic) bond motifs is 1. The molecule has 1 saturated heterocycles. The lowest BCUT2D eigenvalue weighted by Gasteiger charge is -2.31. The van der Waals surface area contributed by atoms with Gasteiger partial charge in [-0.25, -0.2) is 13.6 Å². The molecular weight excluding hydrogens is 529 g/mol. The summed E-state index contributed by atoms with van der Waals surface area (Å²) in [6.07, 6.45) is -5.35. The Morgan fingerprint density at radius 1 is 1.10 bits per heavy atom. The molecular formula is C26H26F5N3O5. The van der Waals surface area contributed by atoms with Crippen LogP contribution >= 0.6 is 0 Å². The molecule has 0 radical (unpaired) electrons. The Hall–Kier alpha value is -3.90. The molecule has 0 saturated carbocycles. The number of furan rings is 1. The first-order valence-corrected chi connectivity index (χ1v) is 12.0. The van der Waals surface area contributed by atoms with Crippen molar-refractivity contribution in [1.29, 1.82) is 0 Å². The number of nitrogens with zero attached hydrogens (tertiary/aromatic N) is 2. The van der Waals surface area contributed by atoms with E-state index in [9.17, 15) is 31.5 Å². The number of alkyl carbamates (subject to hydrolysis) is 1. The van der Waals surface area contributed by atoms with E-state index in [-0.39, 0.29) is 53.2 Å². The molecule has 1 N–H and O–H groups in total. The van der Waals surface area contributed by atoms with Crippen molar-refractivity contribution in [1.82, 2.24) is 15.2 Å². The van der Waals surface area contributed by atoms with Crippen LogP contribution in [0.25, 0.3) is 22.2 Å². The van der Waals surface area contributed by atoms with E-state index in [1.165, 1.54) is 35.4 Å². The first-order chi connectivity index (χ1) is 18.1. The van der Waals surface area contributed by atoms with Crippen LogP contribution in [0.4, 0.5) is 26.7 Å². The van der Waals surface area contributed by atoms with Crippen molar-refractivity contribution in [3.63, 3.8) is 0 Å². The molecule has 3 aromatic rings. The van der Waals surface area contributed by atoms with Crippen LogP contribution in [-0.2, 0) is 11.3 Å². The topological polar surface area (TPSA) is 93.9 Å². The zero-order valence-electron chi connectivity index (χ0n) is 21.3. The number of likely N-dealkylation sites (tertiary alicyclic amines) is 1. The van der Waals surface area contributed by atoms with Gasteiger partial charge in [0.1, 0.15) is 11.4 Å². The highest BCUT2D eigenvalue weighted by Crippen LogP contribution is 2.37. The summed E-state index contributed by atoms with van der Waals surface area (Å²) in [6, 6.07) is 6.94. The van der Waals surface area contributed by atoms with Crippen molar-refractivity contribution in [2.24, 2.45) is 0 Å². The molecule has 0 bridgehead atoms. The maximum absolute atomic E-state index is 13.4. The molecule has 1 aliphatic heterocycles. The van der Waals surface area contributed by atoms with E-state index in [0.29, 0.717) is 0 Å². The van der Waals surface area contributed by atoms with Gasteiger partial charge in [-0.05, 0) is 51.1 Å². The van der Waals surface area contributed by atoms with Gasteiger partial charge in [-0.2, -0.15) is 0 Å². The third-order valence-corrected chi connectivity index (χ3v) is 5.75. The number of aromatic nitrogens is 1. The Labute approximate surface area is 220 Å². The molecule has 2 amide bonds. The highest BCUT2D eigenvalue weighted by Gasteiger charge is 2.36. The first kappa shape index (κ1) is 28.1. The van der Waals surface area contributed by atoms with Crippen molar-refractivity contribution in [2.75, 3.05) is 13.1 Å². The molecule has 1 fully saturated rings. The lowest BCUT2D eigenvalue weighted by Crippen LogP contribution is -2.42. The summed E-state index contributed by atoms with van der Waals surface area (Å²) in [5.41, 5.74) is -0.289. The van der Waals surface area contributed by atoms with Crippen molar-refractivity contribution in [2.45, 2.75) is 58.0 Å². The second-order valence-electron chi connectivity index (χ2n) is 10.1. The molecule has 1 aromatic carbocycles. The number of hydrogen-bond acceptors (Lipinski definition) is 6. The summed E-state index contributed by atoms with van der Waals surface area (Å²) in [5.74, 6) is -3.72. The minimum absolute atomic E-state index is 0.0893. The summed E-state index contributed by atoms with van der Waals surface area (Å²) in [4.78, 5) is 30.1. The zero-order chi connectivity index (χ0) is 28.6. The van der Waals surface area contributed by atoms with Gasteiger partial charge in [0.25, 0.3) is 11.8 Å².